The highest BCUT2D eigenvalue weighted by atomic mass is 16.5. The van der Waals surface area contributed by atoms with Crippen molar-refractivity contribution >= 4 is 5.91 Å². The molecule has 2 rings (SSSR count). The normalized spacial score (nSPS) is 10.4. The molecule has 0 aliphatic heterocycles. The van der Waals surface area contributed by atoms with Crippen LogP contribution in [0.2, 0.25) is 0 Å². The first-order valence-corrected chi connectivity index (χ1v) is 8.17. The fourth-order valence-corrected chi connectivity index (χ4v) is 2.40. The third-order valence-electron chi connectivity index (χ3n) is 3.93. The van der Waals surface area contributed by atoms with Crippen molar-refractivity contribution in [3.05, 3.63) is 64.7 Å². The third-order valence-corrected chi connectivity index (χ3v) is 3.93. The summed E-state index contributed by atoms with van der Waals surface area (Å²) in [5.41, 5.74) is 4.34. The molecule has 0 aliphatic carbocycles. The molecule has 1 N–H and O–H groups in total. The van der Waals surface area contributed by atoms with E-state index in [9.17, 15) is 4.79 Å². The summed E-state index contributed by atoms with van der Waals surface area (Å²) in [7, 11) is 0. The molecule has 0 radical (unpaired) electrons. The molecule has 3 heteroatoms. The molecule has 122 valence electrons. The molecule has 1 amide bonds. The maximum Gasteiger partial charge on any atom is 0.251 e. The van der Waals surface area contributed by atoms with E-state index >= 15 is 0 Å². The first kappa shape index (κ1) is 17.1. The Morgan fingerprint density at radius 1 is 1.04 bits per heavy atom. The molecule has 3 nitrogen and oxygen atoms in total. The Hall–Kier alpha value is -2.29. The van der Waals surface area contributed by atoms with E-state index in [1.54, 1.807) is 0 Å². The molecule has 0 atom stereocenters. The van der Waals surface area contributed by atoms with E-state index in [2.05, 4.69) is 17.4 Å². The molecule has 0 aliphatic rings. The van der Waals surface area contributed by atoms with Crippen molar-refractivity contribution in [2.24, 2.45) is 0 Å². The average molecular weight is 311 g/mol. The lowest BCUT2D eigenvalue weighted by molar-refractivity contribution is 0.0953. The maximum atomic E-state index is 12.1. The van der Waals surface area contributed by atoms with Gasteiger partial charge < -0.3 is 10.1 Å². The summed E-state index contributed by atoms with van der Waals surface area (Å²) < 4.78 is 5.43. The smallest absolute Gasteiger partial charge is 0.251 e. The highest BCUT2D eigenvalue weighted by Crippen LogP contribution is 2.13. The zero-order valence-corrected chi connectivity index (χ0v) is 14.2. The van der Waals surface area contributed by atoms with E-state index in [-0.39, 0.29) is 5.91 Å². The molecule has 2 aromatic rings. The second kappa shape index (κ2) is 8.37. The minimum atomic E-state index is -0.000191. The lowest BCUT2D eigenvalue weighted by Gasteiger charge is -2.08. The van der Waals surface area contributed by atoms with Crippen LogP contribution in [0.4, 0.5) is 0 Å². The van der Waals surface area contributed by atoms with Crippen LogP contribution in [0.15, 0.2) is 42.5 Å². The standard InChI is InChI=1S/C20H25NO2/c1-4-23-19-11-8-17(9-12-19)6-5-13-21-20(22)18-10-7-15(2)16(3)14-18/h7-12,14H,4-6,13H2,1-3H3,(H,21,22). The van der Waals surface area contributed by atoms with Gasteiger partial charge in [0.1, 0.15) is 5.75 Å². The Labute approximate surface area is 138 Å². The van der Waals surface area contributed by atoms with Crippen LogP contribution in [0, 0.1) is 13.8 Å². The van der Waals surface area contributed by atoms with E-state index in [0.29, 0.717) is 13.2 Å². The van der Waals surface area contributed by atoms with Gasteiger partial charge in [-0.1, -0.05) is 18.2 Å². The van der Waals surface area contributed by atoms with Crippen molar-refractivity contribution in [1.29, 1.82) is 0 Å². The summed E-state index contributed by atoms with van der Waals surface area (Å²) in [5.74, 6) is 0.902. The number of carbonyl (C=O) groups excluding carboxylic acids is 1. The predicted octanol–water partition coefficient (Wildman–Crippen LogP) is 4.06. The number of nitrogens with one attached hydrogen (secondary N) is 1. The molecule has 0 fully saturated rings. The SMILES string of the molecule is CCOc1ccc(CCCNC(=O)c2ccc(C)c(C)c2)cc1. The molecule has 0 bridgehead atoms. The fourth-order valence-electron chi connectivity index (χ4n) is 2.40. The van der Waals surface area contributed by atoms with Gasteiger partial charge in [-0.05, 0) is 74.6 Å². The van der Waals surface area contributed by atoms with Crippen molar-refractivity contribution in [1.82, 2.24) is 5.32 Å². The first-order valence-electron chi connectivity index (χ1n) is 8.17. The second-order valence-electron chi connectivity index (χ2n) is 5.74. The quantitative estimate of drug-likeness (QED) is 0.783. The topological polar surface area (TPSA) is 38.3 Å². The van der Waals surface area contributed by atoms with Gasteiger partial charge in [0, 0.05) is 12.1 Å². The largest absolute Gasteiger partial charge is 0.494 e. The first-order chi connectivity index (χ1) is 11.1. The summed E-state index contributed by atoms with van der Waals surface area (Å²) in [4.78, 5) is 12.1. The van der Waals surface area contributed by atoms with Crippen LogP contribution in [0.1, 0.15) is 40.4 Å². The van der Waals surface area contributed by atoms with Crippen LogP contribution in [-0.4, -0.2) is 19.1 Å². The van der Waals surface area contributed by atoms with E-state index in [0.717, 1.165) is 29.7 Å². The molecular formula is C20H25NO2. The monoisotopic (exact) mass is 311 g/mol. The summed E-state index contributed by atoms with van der Waals surface area (Å²) in [6.45, 7) is 7.42. The lowest BCUT2D eigenvalue weighted by Crippen LogP contribution is -2.24. The summed E-state index contributed by atoms with van der Waals surface area (Å²) in [5, 5.41) is 2.98. The van der Waals surface area contributed by atoms with Crippen molar-refractivity contribution < 1.29 is 9.53 Å². The Bertz CT molecular complexity index is 647. The van der Waals surface area contributed by atoms with Gasteiger partial charge >= 0.3 is 0 Å². The number of ether oxygens (including phenoxy) is 1. The summed E-state index contributed by atoms with van der Waals surface area (Å²) >= 11 is 0. The average Bonchev–Trinajstić information content (AvgIpc) is 2.55. The van der Waals surface area contributed by atoms with E-state index in [1.165, 1.54) is 11.1 Å². The van der Waals surface area contributed by atoms with Gasteiger partial charge in [0.25, 0.3) is 5.91 Å². The number of aryl methyl sites for hydroxylation is 3. The van der Waals surface area contributed by atoms with Crippen LogP contribution in [0.5, 0.6) is 5.75 Å². The Kier molecular flexibility index (Phi) is 6.21. The van der Waals surface area contributed by atoms with Gasteiger partial charge in [0.2, 0.25) is 0 Å². The van der Waals surface area contributed by atoms with Crippen molar-refractivity contribution in [2.45, 2.75) is 33.6 Å². The molecule has 0 aromatic heterocycles. The molecule has 0 heterocycles. The molecular weight excluding hydrogens is 286 g/mol. The Balaban J connectivity index is 1.76. The van der Waals surface area contributed by atoms with Gasteiger partial charge in [-0.3, -0.25) is 4.79 Å². The van der Waals surface area contributed by atoms with Crippen molar-refractivity contribution in [2.75, 3.05) is 13.2 Å². The molecule has 2 aromatic carbocycles. The summed E-state index contributed by atoms with van der Waals surface area (Å²) in [6.07, 6.45) is 1.87. The number of carbonyl (C=O) groups is 1. The van der Waals surface area contributed by atoms with E-state index in [4.69, 9.17) is 4.74 Å². The minimum Gasteiger partial charge on any atom is -0.494 e. The predicted molar refractivity (Wildman–Crippen MR) is 94.2 cm³/mol. The highest BCUT2D eigenvalue weighted by Gasteiger charge is 2.05. The zero-order valence-electron chi connectivity index (χ0n) is 14.2. The second-order valence-corrected chi connectivity index (χ2v) is 5.74. The van der Waals surface area contributed by atoms with Gasteiger partial charge in [-0.15, -0.1) is 0 Å². The minimum absolute atomic E-state index is 0.000191. The summed E-state index contributed by atoms with van der Waals surface area (Å²) in [6, 6.07) is 14.0. The Morgan fingerprint density at radius 2 is 1.78 bits per heavy atom. The molecule has 0 spiro atoms. The van der Waals surface area contributed by atoms with Gasteiger partial charge in [0.15, 0.2) is 0 Å². The van der Waals surface area contributed by atoms with E-state index < -0.39 is 0 Å². The maximum absolute atomic E-state index is 12.1. The van der Waals surface area contributed by atoms with E-state index in [1.807, 2.05) is 51.1 Å². The lowest BCUT2D eigenvalue weighted by atomic mass is 10.1. The zero-order chi connectivity index (χ0) is 16.7. The molecule has 23 heavy (non-hydrogen) atoms. The van der Waals surface area contributed by atoms with Crippen molar-refractivity contribution in [3.8, 4) is 5.75 Å². The van der Waals surface area contributed by atoms with Crippen LogP contribution >= 0.6 is 0 Å². The van der Waals surface area contributed by atoms with Crippen molar-refractivity contribution in [3.63, 3.8) is 0 Å². The van der Waals surface area contributed by atoms with Gasteiger partial charge in [-0.2, -0.15) is 0 Å². The van der Waals surface area contributed by atoms with Gasteiger partial charge in [-0.25, -0.2) is 0 Å². The fraction of sp³-hybridized carbons (Fsp3) is 0.350. The number of hydrogen-bond acceptors (Lipinski definition) is 2. The number of amides is 1. The molecule has 0 saturated heterocycles. The Morgan fingerprint density at radius 3 is 2.43 bits per heavy atom. The van der Waals surface area contributed by atoms with Gasteiger partial charge in [0.05, 0.1) is 6.61 Å². The van der Waals surface area contributed by atoms with Crippen LogP contribution < -0.4 is 10.1 Å². The molecule has 0 saturated carbocycles. The van der Waals surface area contributed by atoms with Crippen LogP contribution in [0.3, 0.4) is 0 Å². The number of benzene rings is 2. The van der Waals surface area contributed by atoms with Crippen LogP contribution in [-0.2, 0) is 6.42 Å². The third kappa shape index (κ3) is 5.13. The highest BCUT2D eigenvalue weighted by molar-refractivity contribution is 5.94. The number of hydrogen-bond donors (Lipinski definition) is 1. The number of rotatable bonds is 7. The van der Waals surface area contributed by atoms with Crippen LogP contribution in [0.25, 0.3) is 0 Å². The molecule has 0 unspecified atom stereocenters.